The Morgan fingerprint density at radius 2 is 1.80 bits per heavy atom. The molecule has 6 heteroatoms. The fraction of sp³-hybridized carbons (Fsp3) is 0.417. The molecule has 0 aliphatic carbocycles. The van der Waals surface area contributed by atoms with Crippen molar-refractivity contribution in [3.63, 3.8) is 0 Å². The van der Waals surface area contributed by atoms with Gasteiger partial charge in [-0.25, -0.2) is 4.39 Å². The first-order chi connectivity index (χ1) is 14.3. The summed E-state index contributed by atoms with van der Waals surface area (Å²) in [4.78, 5) is 27.4. The van der Waals surface area contributed by atoms with Gasteiger partial charge in [-0.3, -0.25) is 9.59 Å². The van der Waals surface area contributed by atoms with Crippen LogP contribution in [0.2, 0.25) is 0 Å². The van der Waals surface area contributed by atoms with Gasteiger partial charge in [-0.2, -0.15) is 0 Å². The topological polar surface area (TPSA) is 49.4 Å². The van der Waals surface area contributed by atoms with Gasteiger partial charge in [0.1, 0.15) is 11.9 Å². The van der Waals surface area contributed by atoms with E-state index in [4.69, 9.17) is 0 Å². The Kier molecular flexibility index (Phi) is 9.37. The predicted molar refractivity (Wildman–Crippen MR) is 122 cm³/mol. The highest BCUT2D eigenvalue weighted by atomic mass is 32.2. The smallest absolute Gasteiger partial charge is 0.242 e. The second-order valence-electron chi connectivity index (χ2n) is 7.62. The highest BCUT2D eigenvalue weighted by Crippen LogP contribution is 2.17. The van der Waals surface area contributed by atoms with Crippen LogP contribution in [-0.2, 0) is 21.9 Å². The minimum Gasteiger partial charge on any atom is -0.352 e. The van der Waals surface area contributed by atoms with Crippen molar-refractivity contribution in [3.05, 3.63) is 71.0 Å². The van der Waals surface area contributed by atoms with Gasteiger partial charge in [0.25, 0.3) is 0 Å². The Balaban J connectivity index is 2.07. The largest absolute Gasteiger partial charge is 0.352 e. The molecule has 1 N–H and O–H groups in total. The van der Waals surface area contributed by atoms with E-state index in [1.165, 1.54) is 23.9 Å². The van der Waals surface area contributed by atoms with E-state index in [0.717, 1.165) is 23.1 Å². The normalized spacial score (nSPS) is 12.8. The van der Waals surface area contributed by atoms with E-state index in [2.05, 4.69) is 5.32 Å². The minimum atomic E-state index is -0.571. The Morgan fingerprint density at radius 3 is 2.43 bits per heavy atom. The summed E-state index contributed by atoms with van der Waals surface area (Å²) in [6, 6.07) is 13.7. The predicted octanol–water partition coefficient (Wildman–Crippen LogP) is 4.70. The summed E-state index contributed by atoms with van der Waals surface area (Å²) in [6.45, 7) is 8.13. The van der Waals surface area contributed by atoms with Crippen LogP contribution in [0, 0.1) is 12.7 Å². The van der Waals surface area contributed by atoms with Crippen LogP contribution in [0.15, 0.2) is 48.5 Å². The molecule has 0 aliphatic heterocycles. The lowest BCUT2D eigenvalue weighted by Crippen LogP contribution is -2.50. The zero-order chi connectivity index (χ0) is 22.1. The first kappa shape index (κ1) is 23.9. The molecule has 2 aromatic carbocycles. The van der Waals surface area contributed by atoms with Crippen molar-refractivity contribution in [2.24, 2.45) is 0 Å². The van der Waals surface area contributed by atoms with E-state index in [1.54, 1.807) is 24.0 Å². The zero-order valence-electron chi connectivity index (χ0n) is 18.2. The first-order valence-electron chi connectivity index (χ1n) is 10.3. The Bertz CT molecular complexity index is 841. The maximum atomic E-state index is 13.1. The highest BCUT2D eigenvalue weighted by molar-refractivity contribution is 7.99. The van der Waals surface area contributed by atoms with Crippen LogP contribution in [0.4, 0.5) is 4.39 Å². The lowest BCUT2D eigenvalue weighted by molar-refractivity contribution is -0.138. The molecule has 4 nitrogen and oxygen atoms in total. The molecule has 0 radical (unpaired) electrons. The number of thioether (sulfide) groups is 1. The maximum absolute atomic E-state index is 13.1. The van der Waals surface area contributed by atoms with Gasteiger partial charge in [0, 0.05) is 18.3 Å². The number of nitrogens with one attached hydrogen (secondary N) is 1. The summed E-state index contributed by atoms with van der Waals surface area (Å²) in [6.07, 6.45) is 0.831. The van der Waals surface area contributed by atoms with Crippen molar-refractivity contribution in [2.75, 3.05) is 5.75 Å². The lowest BCUT2D eigenvalue weighted by atomic mass is 10.1. The third-order valence-electron chi connectivity index (χ3n) is 5.01. The van der Waals surface area contributed by atoms with Crippen molar-refractivity contribution in [1.29, 1.82) is 0 Å². The molecule has 0 aliphatic rings. The molecule has 2 atom stereocenters. The fourth-order valence-corrected chi connectivity index (χ4v) is 3.85. The van der Waals surface area contributed by atoms with E-state index in [0.29, 0.717) is 12.3 Å². The Morgan fingerprint density at radius 1 is 1.10 bits per heavy atom. The molecule has 2 rings (SSSR count). The van der Waals surface area contributed by atoms with Gasteiger partial charge in [-0.15, -0.1) is 11.8 Å². The number of nitrogens with zero attached hydrogens (tertiary/aromatic N) is 1. The summed E-state index contributed by atoms with van der Waals surface area (Å²) >= 11 is 1.46. The average Bonchev–Trinajstić information content (AvgIpc) is 2.72. The Labute approximate surface area is 183 Å². The second kappa shape index (κ2) is 11.7. The van der Waals surface area contributed by atoms with E-state index in [-0.39, 0.29) is 29.4 Å². The van der Waals surface area contributed by atoms with Crippen LogP contribution in [0.25, 0.3) is 0 Å². The molecule has 0 bridgehead atoms. The summed E-state index contributed by atoms with van der Waals surface area (Å²) in [5.41, 5.74) is 3.07. The van der Waals surface area contributed by atoms with Gasteiger partial charge >= 0.3 is 0 Å². The maximum Gasteiger partial charge on any atom is 0.242 e. The number of carbonyl (C=O) groups excluding carboxylic acids is 2. The quantitative estimate of drug-likeness (QED) is 0.594. The molecule has 0 saturated heterocycles. The molecule has 0 aromatic heterocycles. The average molecular weight is 431 g/mol. The number of rotatable bonds is 10. The van der Waals surface area contributed by atoms with E-state index in [9.17, 15) is 14.0 Å². The van der Waals surface area contributed by atoms with Crippen LogP contribution < -0.4 is 5.32 Å². The van der Waals surface area contributed by atoms with E-state index in [1.807, 2.05) is 45.0 Å². The summed E-state index contributed by atoms with van der Waals surface area (Å²) < 4.78 is 13.1. The number of carbonyl (C=O) groups is 2. The molecule has 0 spiro atoms. The lowest BCUT2D eigenvalue weighted by Gasteiger charge is -2.29. The van der Waals surface area contributed by atoms with Crippen molar-refractivity contribution < 1.29 is 14.0 Å². The van der Waals surface area contributed by atoms with Crippen LogP contribution in [0.1, 0.15) is 43.9 Å². The molecule has 2 aromatic rings. The Hall–Kier alpha value is -2.34. The molecule has 0 saturated carbocycles. The summed E-state index contributed by atoms with van der Waals surface area (Å²) in [5.74, 6) is 0.358. The third kappa shape index (κ3) is 7.48. The zero-order valence-corrected chi connectivity index (χ0v) is 19.0. The molecule has 0 fully saturated rings. The highest BCUT2D eigenvalue weighted by Gasteiger charge is 2.26. The molecule has 30 heavy (non-hydrogen) atoms. The van der Waals surface area contributed by atoms with E-state index >= 15 is 0 Å². The first-order valence-corrected chi connectivity index (χ1v) is 11.4. The second-order valence-corrected chi connectivity index (χ2v) is 8.61. The molecule has 0 heterocycles. The molecule has 0 unspecified atom stereocenters. The van der Waals surface area contributed by atoms with Crippen molar-refractivity contribution >= 4 is 23.6 Å². The third-order valence-corrected chi connectivity index (χ3v) is 6.00. The van der Waals surface area contributed by atoms with Gasteiger partial charge in [0.2, 0.25) is 11.8 Å². The van der Waals surface area contributed by atoms with Crippen LogP contribution in [0.5, 0.6) is 0 Å². The van der Waals surface area contributed by atoms with E-state index < -0.39 is 6.04 Å². The minimum absolute atomic E-state index is 0.0590. The fourth-order valence-electron chi connectivity index (χ4n) is 2.98. The van der Waals surface area contributed by atoms with Crippen LogP contribution >= 0.6 is 11.8 Å². The number of benzene rings is 2. The summed E-state index contributed by atoms with van der Waals surface area (Å²) in [7, 11) is 0. The number of hydrogen-bond donors (Lipinski definition) is 1. The van der Waals surface area contributed by atoms with Gasteiger partial charge in [-0.1, -0.05) is 48.9 Å². The van der Waals surface area contributed by atoms with Crippen molar-refractivity contribution in [1.82, 2.24) is 10.2 Å². The molecular weight excluding hydrogens is 399 g/mol. The number of hydrogen-bond acceptors (Lipinski definition) is 3. The molecule has 162 valence electrons. The SMILES string of the molecule is CC[C@H](C)NC(=O)[C@@H](C)N(Cc1cccc(C)c1)C(=O)CSCc1ccc(F)cc1. The molecule has 2 amide bonds. The monoisotopic (exact) mass is 430 g/mol. The number of aryl methyl sites for hydroxylation is 1. The van der Waals surface area contributed by atoms with Gasteiger partial charge in [-0.05, 0) is 50.5 Å². The van der Waals surface area contributed by atoms with Gasteiger partial charge in [0.05, 0.1) is 5.75 Å². The van der Waals surface area contributed by atoms with Crippen molar-refractivity contribution in [3.8, 4) is 0 Å². The van der Waals surface area contributed by atoms with Gasteiger partial charge < -0.3 is 10.2 Å². The van der Waals surface area contributed by atoms with Crippen LogP contribution in [-0.4, -0.2) is 34.6 Å². The van der Waals surface area contributed by atoms with Gasteiger partial charge in [0.15, 0.2) is 0 Å². The van der Waals surface area contributed by atoms with Crippen molar-refractivity contribution in [2.45, 2.75) is 58.5 Å². The summed E-state index contributed by atoms with van der Waals surface area (Å²) in [5, 5.41) is 2.97. The number of halogens is 1. The molecular formula is C24H31FN2O2S. The van der Waals surface area contributed by atoms with Crippen LogP contribution in [0.3, 0.4) is 0 Å². The number of amides is 2. The standard InChI is InChI=1S/C24H31FN2O2S/c1-5-18(3)26-24(29)19(4)27(14-21-8-6-7-17(2)13-21)23(28)16-30-15-20-9-11-22(25)12-10-20/h6-13,18-19H,5,14-16H2,1-4H3,(H,26,29)/t18-,19+/m0/s1.